The largest absolute Gasteiger partial charge is 0.493 e. The number of ether oxygens (including phenoxy) is 3. The Morgan fingerprint density at radius 1 is 1.18 bits per heavy atom. The van der Waals surface area contributed by atoms with E-state index in [1.165, 1.54) is 19.2 Å². The first-order chi connectivity index (χ1) is 13.5. The molecule has 0 fully saturated rings. The Hall–Kier alpha value is -2.73. The summed E-state index contributed by atoms with van der Waals surface area (Å²) >= 11 is 6.20. The van der Waals surface area contributed by atoms with Gasteiger partial charge in [0.25, 0.3) is 5.91 Å². The Kier molecular flexibility index (Phi) is 8.14. The van der Waals surface area contributed by atoms with E-state index in [9.17, 15) is 9.59 Å². The van der Waals surface area contributed by atoms with Gasteiger partial charge in [0.1, 0.15) is 0 Å². The molecule has 0 aliphatic heterocycles. The zero-order valence-electron chi connectivity index (χ0n) is 16.2. The minimum Gasteiger partial charge on any atom is -0.493 e. The van der Waals surface area contributed by atoms with E-state index in [-0.39, 0.29) is 16.6 Å². The predicted molar refractivity (Wildman–Crippen MR) is 107 cm³/mol. The fraction of sp³-hybridized carbons (Fsp3) is 0.333. The monoisotopic (exact) mass is 405 g/mol. The van der Waals surface area contributed by atoms with Crippen molar-refractivity contribution >= 4 is 23.5 Å². The molecule has 0 aromatic heterocycles. The molecule has 0 saturated heterocycles. The Bertz CT molecular complexity index is 810. The van der Waals surface area contributed by atoms with Crippen molar-refractivity contribution in [3.8, 4) is 11.5 Å². The second kappa shape index (κ2) is 10.6. The van der Waals surface area contributed by atoms with Crippen molar-refractivity contribution in [1.82, 2.24) is 5.32 Å². The lowest BCUT2D eigenvalue weighted by Gasteiger charge is -2.15. The molecule has 7 heteroatoms. The first kappa shape index (κ1) is 21.6. The number of esters is 1. The number of hydrogen-bond donors (Lipinski definition) is 1. The van der Waals surface area contributed by atoms with Crippen molar-refractivity contribution in [3.05, 3.63) is 58.6 Å². The van der Waals surface area contributed by atoms with Gasteiger partial charge in [0, 0.05) is 0 Å². The zero-order chi connectivity index (χ0) is 20.5. The van der Waals surface area contributed by atoms with Gasteiger partial charge >= 0.3 is 5.97 Å². The highest BCUT2D eigenvalue weighted by Crippen LogP contribution is 2.36. The molecule has 150 valence electrons. The fourth-order valence-electron chi connectivity index (χ4n) is 2.50. The quantitative estimate of drug-likeness (QED) is 0.634. The molecule has 0 spiro atoms. The molecule has 2 aromatic rings. The van der Waals surface area contributed by atoms with Crippen LogP contribution in [0.4, 0.5) is 0 Å². The molecule has 1 atom stereocenters. The Labute approximate surface area is 169 Å². The van der Waals surface area contributed by atoms with Crippen LogP contribution in [0, 0.1) is 0 Å². The Morgan fingerprint density at radius 3 is 2.54 bits per heavy atom. The van der Waals surface area contributed by atoms with Crippen molar-refractivity contribution in [2.45, 2.75) is 26.3 Å². The first-order valence-electron chi connectivity index (χ1n) is 8.98. The van der Waals surface area contributed by atoms with Gasteiger partial charge in [-0.3, -0.25) is 4.79 Å². The van der Waals surface area contributed by atoms with E-state index in [1.807, 2.05) is 44.2 Å². The lowest BCUT2D eigenvalue weighted by molar-refractivity contribution is -0.124. The van der Waals surface area contributed by atoms with E-state index in [1.54, 1.807) is 0 Å². The van der Waals surface area contributed by atoms with Crippen molar-refractivity contribution in [3.63, 3.8) is 0 Å². The van der Waals surface area contributed by atoms with Crippen LogP contribution in [0.3, 0.4) is 0 Å². The molecule has 28 heavy (non-hydrogen) atoms. The molecule has 0 saturated carbocycles. The van der Waals surface area contributed by atoms with E-state index < -0.39 is 18.5 Å². The minimum absolute atomic E-state index is 0.176. The standard InChI is InChI=1S/C21H24ClNO5/c1-4-10-27-20-17(22)11-16(12-18(20)26-3)21(25)28-13-19(24)23-14(2)15-8-6-5-7-9-15/h5-9,11-12,14H,4,10,13H2,1-3H3,(H,23,24)/t14-/m0/s1. The third-order valence-corrected chi connectivity index (χ3v) is 4.21. The van der Waals surface area contributed by atoms with Gasteiger partial charge in [-0.25, -0.2) is 4.79 Å². The number of benzene rings is 2. The molecule has 0 radical (unpaired) electrons. The molecule has 0 unspecified atom stereocenters. The maximum Gasteiger partial charge on any atom is 0.338 e. The molecule has 6 nitrogen and oxygen atoms in total. The van der Waals surface area contributed by atoms with Gasteiger partial charge in [0.2, 0.25) is 0 Å². The summed E-state index contributed by atoms with van der Waals surface area (Å²) in [6.45, 7) is 3.90. The maximum atomic E-state index is 12.3. The molecule has 1 N–H and O–H groups in total. The van der Waals surface area contributed by atoms with E-state index in [0.717, 1.165) is 12.0 Å². The van der Waals surface area contributed by atoms with Crippen LogP contribution >= 0.6 is 11.6 Å². The number of rotatable bonds is 9. The van der Waals surface area contributed by atoms with Crippen LogP contribution in [-0.4, -0.2) is 32.2 Å². The van der Waals surface area contributed by atoms with Gasteiger partial charge < -0.3 is 19.5 Å². The highest BCUT2D eigenvalue weighted by Gasteiger charge is 2.18. The molecule has 0 aliphatic rings. The number of amides is 1. The first-order valence-corrected chi connectivity index (χ1v) is 9.35. The normalized spacial score (nSPS) is 11.4. The smallest absolute Gasteiger partial charge is 0.338 e. The van der Waals surface area contributed by atoms with Crippen molar-refractivity contribution in [2.75, 3.05) is 20.3 Å². The van der Waals surface area contributed by atoms with E-state index in [2.05, 4.69) is 5.32 Å². The van der Waals surface area contributed by atoms with Crippen LogP contribution < -0.4 is 14.8 Å². The summed E-state index contributed by atoms with van der Waals surface area (Å²) in [4.78, 5) is 24.4. The van der Waals surface area contributed by atoms with Gasteiger partial charge in [-0.05, 0) is 31.0 Å². The van der Waals surface area contributed by atoms with Crippen molar-refractivity contribution in [2.24, 2.45) is 0 Å². The van der Waals surface area contributed by atoms with Gasteiger partial charge in [0.15, 0.2) is 18.1 Å². The van der Waals surface area contributed by atoms with Crippen LogP contribution in [0.25, 0.3) is 0 Å². The summed E-state index contributed by atoms with van der Waals surface area (Å²) in [6.07, 6.45) is 0.805. The summed E-state index contributed by atoms with van der Waals surface area (Å²) in [5, 5.41) is 3.02. The van der Waals surface area contributed by atoms with Crippen LogP contribution in [0.5, 0.6) is 11.5 Å². The average Bonchev–Trinajstić information content (AvgIpc) is 2.71. The molecule has 0 aliphatic carbocycles. The van der Waals surface area contributed by atoms with Gasteiger partial charge in [-0.2, -0.15) is 0 Å². The number of carbonyl (C=O) groups is 2. The van der Waals surface area contributed by atoms with Gasteiger partial charge in [0.05, 0.1) is 30.3 Å². The maximum absolute atomic E-state index is 12.3. The summed E-state index contributed by atoms with van der Waals surface area (Å²) in [7, 11) is 1.46. The second-order valence-corrected chi connectivity index (χ2v) is 6.52. The lowest BCUT2D eigenvalue weighted by Crippen LogP contribution is -2.31. The van der Waals surface area contributed by atoms with E-state index in [0.29, 0.717) is 18.1 Å². The molecule has 2 rings (SSSR count). The number of hydrogen-bond acceptors (Lipinski definition) is 5. The number of halogens is 1. The zero-order valence-corrected chi connectivity index (χ0v) is 16.9. The highest BCUT2D eigenvalue weighted by atomic mass is 35.5. The van der Waals surface area contributed by atoms with Crippen LogP contribution in [0.2, 0.25) is 5.02 Å². The third-order valence-electron chi connectivity index (χ3n) is 3.93. The summed E-state index contributed by atoms with van der Waals surface area (Å²) < 4.78 is 15.9. The van der Waals surface area contributed by atoms with Gasteiger partial charge in [-0.15, -0.1) is 0 Å². The minimum atomic E-state index is -0.676. The molecule has 0 heterocycles. The van der Waals surface area contributed by atoms with Gasteiger partial charge in [-0.1, -0.05) is 48.9 Å². The summed E-state index contributed by atoms with van der Waals surface area (Å²) in [5.74, 6) is -0.373. The number of methoxy groups -OCH3 is 1. The summed E-state index contributed by atoms with van der Waals surface area (Å²) in [6, 6.07) is 12.2. The third kappa shape index (κ3) is 5.89. The molecule has 2 aromatic carbocycles. The van der Waals surface area contributed by atoms with Crippen molar-refractivity contribution < 1.29 is 23.8 Å². The predicted octanol–water partition coefficient (Wildman–Crippen LogP) is 4.17. The Balaban J connectivity index is 1.97. The number of nitrogens with one attached hydrogen (secondary N) is 1. The topological polar surface area (TPSA) is 73.9 Å². The fourth-order valence-corrected chi connectivity index (χ4v) is 2.77. The Morgan fingerprint density at radius 2 is 1.89 bits per heavy atom. The van der Waals surface area contributed by atoms with Crippen molar-refractivity contribution in [1.29, 1.82) is 0 Å². The lowest BCUT2D eigenvalue weighted by atomic mass is 10.1. The molecular formula is C21H24ClNO5. The highest BCUT2D eigenvalue weighted by molar-refractivity contribution is 6.32. The summed E-state index contributed by atoms with van der Waals surface area (Å²) in [5.41, 5.74) is 1.14. The SMILES string of the molecule is CCCOc1c(Cl)cc(C(=O)OCC(=O)N[C@@H](C)c2ccccc2)cc1OC. The molecule has 1 amide bonds. The number of carbonyl (C=O) groups excluding carboxylic acids is 2. The van der Waals surface area contributed by atoms with E-state index >= 15 is 0 Å². The van der Waals surface area contributed by atoms with E-state index in [4.69, 9.17) is 25.8 Å². The molecule has 0 bridgehead atoms. The average molecular weight is 406 g/mol. The van der Waals surface area contributed by atoms with Crippen LogP contribution in [0.15, 0.2) is 42.5 Å². The van der Waals surface area contributed by atoms with Crippen LogP contribution in [0.1, 0.15) is 42.2 Å². The second-order valence-electron chi connectivity index (χ2n) is 6.11. The molecular weight excluding hydrogens is 382 g/mol. The van der Waals surface area contributed by atoms with Crippen LogP contribution in [-0.2, 0) is 9.53 Å².